The van der Waals surface area contributed by atoms with Crippen LogP contribution in [0.2, 0.25) is 0 Å². The van der Waals surface area contributed by atoms with E-state index in [4.69, 9.17) is 0 Å². The number of fused-ring (bicyclic) bond motifs is 1. The van der Waals surface area contributed by atoms with Crippen molar-refractivity contribution >= 4 is 21.4 Å². The predicted octanol–water partition coefficient (Wildman–Crippen LogP) is 4.39. The summed E-state index contributed by atoms with van der Waals surface area (Å²) in [5, 5.41) is 13.6. The van der Waals surface area contributed by atoms with Gasteiger partial charge in [0.15, 0.2) is 0 Å². The van der Waals surface area contributed by atoms with Gasteiger partial charge in [-0.05, 0) is 47.6 Å². The van der Waals surface area contributed by atoms with Crippen LogP contribution in [-0.2, 0) is 6.42 Å². The van der Waals surface area contributed by atoms with Crippen LogP contribution in [-0.4, -0.2) is 11.2 Å². The third-order valence-corrected chi connectivity index (χ3v) is 5.09. The van der Waals surface area contributed by atoms with Gasteiger partial charge in [-0.25, -0.2) is 0 Å². The van der Waals surface area contributed by atoms with E-state index >= 15 is 0 Å². The van der Waals surface area contributed by atoms with E-state index in [1.807, 2.05) is 11.3 Å². The molecule has 1 saturated carbocycles. The number of thiophene rings is 1. The molecule has 1 heterocycles. The molecule has 0 radical (unpaired) electrons. The fourth-order valence-corrected chi connectivity index (χ4v) is 4.10. The minimum Gasteiger partial charge on any atom is -0.393 e. The van der Waals surface area contributed by atoms with E-state index in [1.165, 1.54) is 34.9 Å². The van der Waals surface area contributed by atoms with Crippen molar-refractivity contribution in [1.29, 1.82) is 0 Å². The molecule has 1 aliphatic rings. The van der Waals surface area contributed by atoms with E-state index in [1.54, 1.807) is 0 Å². The number of aliphatic hydroxyl groups excluding tert-OH is 1. The first-order valence-corrected chi connectivity index (χ1v) is 7.84. The molecular formula is C16H20OS. The monoisotopic (exact) mass is 260 g/mol. The molecule has 3 rings (SSSR count). The van der Waals surface area contributed by atoms with Gasteiger partial charge in [0.2, 0.25) is 0 Å². The van der Waals surface area contributed by atoms with Gasteiger partial charge >= 0.3 is 0 Å². The summed E-state index contributed by atoms with van der Waals surface area (Å²) >= 11 is 1.85. The Morgan fingerprint density at radius 1 is 1.17 bits per heavy atom. The van der Waals surface area contributed by atoms with Crippen molar-refractivity contribution in [2.45, 2.75) is 44.6 Å². The highest BCUT2D eigenvalue weighted by Crippen LogP contribution is 2.32. The van der Waals surface area contributed by atoms with E-state index in [0.29, 0.717) is 5.92 Å². The summed E-state index contributed by atoms with van der Waals surface area (Å²) in [5.74, 6) is 0.667. The molecule has 1 N–H and O–H groups in total. The first-order chi connectivity index (χ1) is 8.83. The normalized spacial score (nSPS) is 25.2. The molecule has 2 atom stereocenters. The molecule has 1 aromatic heterocycles. The Morgan fingerprint density at radius 3 is 2.94 bits per heavy atom. The Morgan fingerprint density at radius 2 is 2.00 bits per heavy atom. The largest absolute Gasteiger partial charge is 0.393 e. The van der Waals surface area contributed by atoms with Gasteiger partial charge in [-0.1, -0.05) is 37.5 Å². The lowest BCUT2D eigenvalue weighted by atomic mass is 9.91. The van der Waals surface area contributed by atoms with Gasteiger partial charge in [-0.2, -0.15) is 0 Å². The van der Waals surface area contributed by atoms with E-state index in [0.717, 1.165) is 19.3 Å². The number of hydrogen-bond donors (Lipinski definition) is 1. The molecule has 2 unspecified atom stereocenters. The summed E-state index contributed by atoms with van der Waals surface area (Å²) in [6.45, 7) is 0. The molecule has 1 aromatic carbocycles. The lowest BCUT2D eigenvalue weighted by molar-refractivity contribution is 0.141. The Bertz CT molecular complexity index is 517. The van der Waals surface area contributed by atoms with Crippen molar-refractivity contribution in [3.8, 4) is 0 Å². The first-order valence-electron chi connectivity index (χ1n) is 6.96. The van der Waals surface area contributed by atoms with Crippen molar-refractivity contribution in [3.05, 3.63) is 35.2 Å². The van der Waals surface area contributed by atoms with Gasteiger partial charge in [-0.15, -0.1) is 11.3 Å². The maximum Gasteiger partial charge on any atom is 0.0543 e. The standard InChI is InChI=1S/C16H20OS/c17-14-6-2-1-5-12(10-14)9-13-11-18-16-8-4-3-7-15(13)16/h3-4,7-8,11-12,14,17H,1-2,5-6,9-10H2. The Balaban J connectivity index is 1.79. The summed E-state index contributed by atoms with van der Waals surface area (Å²) in [6, 6.07) is 8.66. The zero-order chi connectivity index (χ0) is 12.4. The average molecular weight is 260 g/mol. The van der Waals surface area contributed by atoms with Crippen molar-refractivity contribution in [1.82, 2.24) is 0 Å². The number of hydrogen-bond acceptors (Lipinski definition) is 2. The highest BCUT2D eigenvalue weighted by atomic mass is 32.1. The number of rotatable bonds is 2. The van der Waals surface area contributed by atoms with Crippen LogP contribution < -0.4 is 0 Å². The highest BCUT2D eigenvalue weighted by molar-refractivity contribution is 7.17. The van der Waals surface area contributed by atoms with Gasteiger partial charge in [-0.3, -0.25) is 0 Å². The van der Waals surface area contributed by atoms with Crippen molar-refractivity contribution < 1.29 is 5.11 Å². The molecule has 0 spiro atoms. The second-order valence-corrected chi connectivity index (χ2v) is 6.41. The molecule has 1 nitrogen and oxygen atoms in total. The van der Waals surface area contributed by atoms with Crippen LogP contribution in [0.15, 0.2) is 29.6 Å². The summed E-state index contributed by atoms with van der Waals surface area (Å²) in [6.07, 6.45) is 6.82. The zero-order valence-electron chi connectivity index (χ0n) is 10.6. The minimum absolute atomic E-state index is 0.0672. The lowest BCUT2D eigenvalue weighted by Gasteiger charge is -2.15. The van der Waals surface area contributed by atoms with Crippen LogP contribution in [0.1, 0.15) is 37.7 Å². The number of benzene rings is 1. The van der Waals surface area contributed by atoms with Gasteiger partial charge in [0.25, 0.3) is 0 Å². The quantitative estimate of drug-likeness (QED) is 0.794. The molecule has 18 heavy (non-hydrogen) atoms. The van der Waals surface area contributed by atoms with Gasteiger partial charge in [0.05, 0.1) is 6.10 Å². The molecule has 0 saturated heterocycles. The average Bonchev–Trinajstić information content (AvgIpc) is 2.66. The maximum absolute atomic E-state index is 9.90. The topological polar surface area (TPSA) is 20.2 Å². The van der Waals surface area contributed by atoms with Gasteiger partial charge in [0.1, 0.15) is 0 Å². The molecule has 96 valence electrons. The SMILES string of the molecule is OC1CCCCC(Cc2csc3ccccc23)C1. The Labute approximate surface area is 112 Å². The van der Waals surface area contributed by atoms with Crippen LogP contribution in [0, 0.1) is 5.92 Å². The second-order valence-electron chi connectivity index (χ2n) is 5.50. The maximum atomic E-state index is 9.90. The smallest absolute Gasteiger partial charge is 0.0543 e. The summed E-state index contributed by atoms with van der Waals surface area (Å²) < 4.78 is 1.39. The minimum atomic E-state index is -0.0672. The Kier molecular flexibility index (Phi) is 3.67. The van der Waals surface area contributed by atoms with E-state index in [9.17, 15) is 5.11 Å². The van der Waals surface area contributed by atoms with Crippen molar-refractivity contribution in [2.24, 2.45) is 5.92 Å². The second kappa shape index (κ2) is 5.41. The van der Waals surface area contributed by atoms with Gasteiger partial charge < -0.3 is 5.11 Å². The fraction of sp³-hybridized carbons (Fsp3) is 0.500. The molecule has 0 aliphatic heterocycles. The zero-order valence-corrected chi connectivity index (χ0v) is 11.5. The van der Waals surface area contributed by atoms with E-state index in [2.05, 4.69) is 29.6 Å². The highest BCUT2D eigenvalue weighted by Gasteiger charge is 2.19. The predicted molar refractivity (Wildman–Crippen MR) is 78.1 cm³/mol. The molecule has 1 fully saturated rings. The molecule has 0 amide bonds. The molecule has 0 bridgehead atoms. The summed E-state index contributed by atoms with van der Waals surface area (Å²) in [7, 11) is 0. The van der Waals surface area contributed by atoms with Crippen LogP contribution in [0.5, 0.6) is 0 Å². The van der Waals surface area contributed by atoms with Crippen LogP contribution in [0.25, 0.3) is 10.1 Å². The summed E-state index contributed by atoms with van der Waals surface area (Å²) in [5.41, 5.74) is 1.48. The first kappa shape index (κ1) is 12.2. The van der Waals surface area contributed by atoms with Crippen molar-refractivity contribution in [3.63, 3.8) is 0 Å². The van der Waals surface area contributed by atoms with Gasteiger partial charge in [0, 0.05) is 4.70 Å². The lowest BCUT2D eigenvalue weighted by Crippen LogP contribution is -2.12. The Hall–Kier alpha value is -0.860. The third kappa shape index (κ3) is 2.60. The summed E-state index contributed by atoms with van der Waals surface area (Å²) in [4.78, 5) is 0. The van der Waals surface area contributed by atoms with E-state index < -0.39 is 0 Å². The fourth-order valence-electron chi connectivity index (χ4n) is 3.12. The molecule has 2 heteroatoms. The molecular weight excluding hydrogens is 240 g/mol. The number of aliphatic hydroxyl groups is 1. The van der Waals surface area contributed by atoms with Crippen molar-refractivity contribution in [2.75, 3.05) is 0 Å². The third-order valence-electron chi connectivity index (χ3n) is 4.07. The van der Waals surface area contributed by atoms with Crippen LogP contribution >= 0.6 is 11.3 Å². The molecule has 1 aliphatic carbocycles. The van der Waals surface area contributed by atoms with Crippen LogP contribution in [0.3, 0.4) is 0 Å². The van der Waals surface area contributed by atoms with Crippen LogP contribution in [0.4, 0.5) is 0 Å². The molecule has 2 aromatic rings. The van der Waals surface area contributed by atoms with E-state index in [-0.39, 0.29) is 6.10 Å².